The summed E-state index contributed by atoms with van der Waals surface area (Å²) in [6.07, 6.45) is 3.11. The second-order valence-corrected chi connectivity index (χ2v) is 7.23. The van der Waals surface area contributed by atoms with Crippen LogP contribution in [0.4, 0.5) is 5.69 Å². The summed E-state index contributed by atoms with van der Waals surface area (Å²) in [5.74, 6) is -1.51. The Morgan fingerprint density at radius 3 is 2.50 bits per heavy atom. The molecule has 0 bridgehead atoms. The molecule has 2 rings (SSSR count). The van der Waals surface area contributed by atoms with Gasteiger partial charge in [-0.2, -0.15) is 0 Å². The third-order valence-electron chi connectivity index (χ3n) is 3.96. The van der Waals surface area contributed by atoms with Gasteiger partial charge in [-0.3, -0.25) is 9.59 Å². The van der Waals surface area contributed by atoms with Gasteiger partial charge in [0.2, 0.25) is 0 Å². The van der Waals surface area contributed by atoms with Gasteiger partial charge in [0, 0.05) is 17.1 Å². The zero-order chi connectivity index (χ0) is 19.0. The van der Waals surface area contributed by atoms with Gasteiger partial charge in [-0.1, -0.05) is 36.4 Å². The number of aliphatic hydroxyl groups is 1. The summed E-state index contributed by atoms with van der Waals surface area (Å²) in [7, 11) is 0. The molecular weight excluding hydrogens is 348 g/mol. The summed E-state index contributed by atoms with van der Waals surface area (Å²) >= 11 is 1.55. The van der Waals surface area contributed by atoms with E-state index in [-0.39, 0.29) is 6.54 Å². The molecule has 2 amide bonds. The van der Waals surface area contributed by atoms with Gasteiger partial charge in [0.05, 0.1) is 5.60 Å². The Kier molecular flexibility index (Phi) is 7.24. The van der Waals surface area contributed by atoms with Crippen LogP contribution in [0, 0.1) is 0 Å². The van der Waals surface area contributed by atoms with Gasteiger partial charge < -0.3 is 15.7 Å². The van der Waals surface area contributed by atoms with Gasteiger partial charge in [0.25, 0.3) is 0 Å². The Morgan fingerprint density at radius 2 is 1.81 bits per heavy atom. The van der Waals surface area contributed by atoms with Crippen LogP contribution < -0.4 is 10.6 Å². The minimum atomic E-state index is -1.09. The second-order valence-electron chi connectivity index (χ2n) is 6.35. The van der Waals surface area contributed by atoms with E-state index in [0.29, 0.717) is 18.5 Å². The van der Waals surface area contributed by atoms with Crippen LogP contribution in [-0.2, 0) is 16.0 Å². The highest BCUT2D eigenvalue weighted by Gasteiger charge is 2.23. The molecular formula is C20H24N2O3S. The number of aryl methyl sites for hydroxylation is 1. The fourth-order valence-corrected chi connectivity index (χ4v) is 2.85. The standard InChI is InChI=1S/C20H24N2O3S/c1-20(25,12-11-15-7-4-3-5-8-15)14-21-18(23)19(24)22-16-9-6-10-17(13-16)26-2/h3-10,13,25H,11-12,14H2,1-2H3,(H,21,23)(H,22,24)/t20-/m0/s1. The van der Waals surface area contributed by atoms with Crippen LogP contribution in [0.15, 0.2) is 59.5 Å². The topological polar surface area (TPSA) is 78.4 Å². The molecule has 0 radical (unpaired) electrons. The van der Waals surface area contributed by atoms with Crippen molar-refractivity contribution in [2.45, 2.75) is 30.3 Å². The Morgan fingerprint density at radius 1 is 1.08 bits per heavy atom. The maximum Gasteiger partial charge on any atom is 0.313 e. The van der Waals surface area contributed by atoms with E-state index in [9.17, 15) is 14.7 Å². The fraction of sp³-hybridized carbons (Fsp3) is 0.300. The molecule has 0 aliphatic carbocycles. The van der Waals surface area contributed by atoms with Crippen LogP contribution in [0.5, 0.6) is 0 Å². The lowest BCUT2D eigenvalue weighted by atomic mass is 9.97. The van der Waals surface area contributed by atoms with Crippen LogP contribution >= 0.6 is 11.8 Å². The molecule has 26 heavy (non-hydrogen) atoms. The predicted molar refractivity (Wildman–Crippen MR) is 105 cm³/mol. The number of hydrogen-bond acceptors (Lipinski definition) is 4. The maximum absolute atomic E-state index is 12.0. The predicted octanol–water partition coefficient (Wildman–Crippen LogP) is 2.85. The lowest BCUT2D eigenvalue weighted by Crippen LogP contribution is -2.44. The molecule has 1 atom stereocenters. The van der Waals surface area contributed by atoms with Crippen molar-refractivity contribution in [3.05, 3.63) is 60.2 Å². The highest BCUT2D eigenvalue weighted by molar-refractivity contribution is 7.98. The zero-order valence-electron chi connectivity index (χ0n) is 15.0. The molecule has 2 aromatic rings. The molecule has 138 valence electrons. The van der Waals surface area contributed by atoms with E-state index in [1.54, 1.807) is 30.8 Å². The summed E-state index contributed by atoms with van der Waals surface area (Å²) in [5.41, 5.74) is 0.586. The van der Waals surface area contributed by atoms with Crippen molar-refractivity contribution in [2.24, 2.45) is 0 Å². The van der Waals surface area contributed by atoms with Crippen molar-refractivity contribution in [1.82, 2.24) is 5.32 Å². The first-order valence-electron chi connectivity index (χ1n) is 8.39. The van der Waals surface area contributed by atoms with Crippen molar-refractivity contribution in [3.63, 3.8) is 0 Å². The molecule has 3 N–H and O–H groups in total. The highest BCUT2D eigenvalue weighted by Crippen LogP contribution is 2.19. The average molecular weight is 372 g/mol. The average Bonchev–Trinajstić information content (AvgIpc) is 2.65. The van der Waals surface area contributed by atoms with Crippen LogP contribution in [0.3, 0.4) is 0 Å². The second kappa shape index (κ2) is 9.40. The summed E-state index contributed by atoms with van der Waals surface area (Å²) in [5, 5.41) is 15.5. The molecule has 0 saturated heterocycles. The Balaban J connectivity index is 1.81. The van der Waals surface area contributed by atoms with Gasteiger partial charge in [-0.15, -0.1) is 11.8 Å². The van der Waals surface area contributed by atoms with Crippen LogP contribution in [0.1, 0.15) is 18.9 Å². The summed E-state index contributed by atoms with van der Waals surface area (Å²) < 4.78 is 0. The van der Waals surface area contributed by atoms with E-state index in [1.165, 1.54) is 0 Å². The molecule has 0 saturated carbocycles. The molecule has 0 unspecified atom stereocenters. The Hall–Kier alpha value is -2.31. The number of carbonyl (C=O) groups excluding carboxylic acids is 2. The summed E-state index contributed by atoms with van der Waals surface area (Å²) in [6.45, 7) is 1.66. The van der Waals surface area contributed by atoms with Gasteiger partial charge in [-0.05, 0) is 49.8 Å². The van der Waals surface area contributed by atoms with E-state index in [4.69, 9.17) is 0 Å². The van der Waals surface area contributed by atoms with Crippen molar-refractivity contribution in [1.29, 1.82) is 0 Å². The monoisotopic (exact) mass is 372 g/mol. The number of carbonyl (C=O) groups is 2. The summed E-state index contributed by atoms with van der Waals surface area (Å²) in [6, 6.07) is 17.1. The summed E-state index contributed by atoms with van der Waals surface area (Å²) in [4.78, 5) is 25.0. The number of anilines is 1. The minimum absolute atomic E-state index is 0.0109. The van der Waals surface area contributed by atoms with Gasteiger partial charge in [-0.25, -0.2) is 0 Å². The Labute approximate surface area is 158 Å². The minimum Gasteiger partial charge on any atom is -0.388 e. The molecule has 0 aliphatic rings. The van der Waals surface area contributed by atoms with Gasteiger partial charge >= 0.3 is 11.8 Å². The first-order chi connectivity index (χ1) is 12.4. The molecule has 0 fully saturated rings. The normalized spacial score (nSPS) is 12.9. The molecule has 6 heteroatoms. The van der Waals surface area contributed by atoms with Crippen molar-refractivity contribution >= 4 is 29.3 Å². The number of hydrogen-bond donors (Lipinski definition) is 3. The van der Waals surface area contributed by atoms with Gasteiger partial charge in [0.15, 0.2) is 0 Å². The third kappa shape index (κ3) is 6.54. The lowest BCUT2D eigenvalue weighted by Gasteiger charge is -2.23. The van der Waals surface area contributed by atoms with E-state index >= 15 is 0 Å². The van der Waals surface area contributed by atoms with Crippen LogP contribution in [-0.4, -0.2) is 35.3 Å². The van der Waals surface area contributed by atoms with Crippen LogP contribution in [0.25, 0.3) is 0 Å². The number of thioether (sulfide) groups is 1. The molecule has 2 aromatic carbocycles. The molecule has 0 spiro atoms. The number of amides is 2. The number of benzene rings is 2. The van der Waals surface area contributed by atoms with Crippen molar-refractivity contribution in [2.75, 3.05) is 18.1 Å². The number of rotatable bonds is 7. The van der Waals surface area contributed by atoms with E-state index in [2.05, 4.69) is 10.6 Å². The SMILES string of the molecule is CSc1cccc(NC(=O)C(=O)NC[C@@](C)(O)CCc2ccccc2)c1. The first kappa shape index (κ1) is 20.0. The van der Waals surface area contributed by atoms with E-state index in [0.717, 1.165) is 10.5 Å². The van der Waals surface area contributed by atoms with Crippen molar-refractivity contribution in [3.8, 4) is 0 Å². The highest BCUT2D eigenvalue weighted by atomic mass is 32.2. The maximum atomic E-state index is 12.0. The fourth-order valence-electron chi connectivity index (χ4n) is 2.39. The van der Waals surface area contributed by atoms with E-state index < -0.39 is 17.4 Å². The molecule has 5 nitrogen and oxygen atoms in total. The molecule has 0 aromatic heterocycles. The lowest BCUT2D eigenvalue weighted by molar-refractivity contribution is -0.136. The Bertz CT molecular complexity index is 748. The zero-order valence-corrected chi connectivity index (χ0v) is 15.8. The molecule has 0 aliphatic heterocycles. The quantitative estimate of drug-likeness (QED) is 0.516. The van der Waals surface area contributed by atoms with Crippen molar-refractivity contribution < 1.29 is 14.7 Å². The smallest absolute Gasteiger partial charge is 0.313 e. The van der Waals surface area contributed by atoms with Gasteiger partial charge in [0.1, 0.15) is 0 Å². The third-order valence-corrected chi connectivity index (χ3v) is 4.68. The van der Waals surface area contributed by atoms with E-state index in [1.807, 2.05) is 48.7 Å². The van der Waals surface area contributed by atoms with Crippen LogP contribution in [0.2, 0.25) is 0 Å². The number of nitrogens with one attached hydrogen (secondary N) is 2. The largest absolute Gasteiger partial charge is 0.388 e. The first-order valence-corrected chi connectivity index (χ1v) is 9.62. The molecule has 0 heterocycles.